The van der Waals surface area contributed by atoms with Crippen LogP contribution in [0.4, 0.5) is 0 Å². The maximum Gasteiger partial charge on any atom is 0.310 e. The Labute approximate surface area is 125 Å². The quantitative estimate of drug-likeness (QED) is 0.729. The van der Waals surface area contributed by atoms with Gasteiger partial charge in [-0.3, -0.25) is 14.5 Å². The molecule has 0 spiro atoms. The normalized spacial score (nSPS) is 12.3. The minimum Gasteiger partial charge on any atom is -0.481 e. The van der Waals surface area contributed by atoms with E-state index in [-0.39, 0.29) is 12.5 Å². The van der Waals surface area contributed by atoms with Crippen molar-refractivity contribution < 1.29 is 14.7 Å². The number of primary amides is 1. The van der Waals surface area contributed by atoms with Crippen LogP contribution in [0.5, 0.6) is 0 Å². The molecule has 5 heteroatoms. The van der Waals surface area contributed by atoms with Gasteiger partial charge in [-0.2, -0.15) is 0 Å². The fraction of sp³-hybridized carbons (Fsp3) is 0.500. The Morgan fingerprint density at radius 2 is 1.90 bits per heavy atom. The summed E-state index contributed by atoms with van der Waals surface area (Å²) in [5, 5.41) is 8.99. The third-order valence-electron chi connectivity index (χ3n) is 3.46. The zero-order chi connectivity index (χ0) is 15.8. The molecular formula is C16H24N2O3. The number of benzene rings is 1. The Bertz CT molecular complexity index is 471. The second kappa shape index (κ2) is 8.42. The van der Waals surface area contributed by atoms with Gasteiger partial charge in [0.15, 0.2) is 0 Å². The van der Waals surface area contributed by atoms with E-state index in [1.165, 1.54) is 0 Å². The van der Waals surface area contributed by atoms with Gasteiger partial charge in [0.25, 0.3) is 0 Å². The Balaban J connectivity index is 2.70. The number of hydrogen-bond acceptors (Lipinski definition) is 3. The molecule has 1 rings (SSSR count). The summed E-state index contributed by atoms with van der Waals surface area (Å²) in [6.07, 6.45) is 2.08. The standard InChI is InChI=1S/C16H24N2O3/c1-3-4-9-18(11-15(17)19)10-13-5-7-14(8-6-13)12(2)16(20)21/h5-8,12H,3-4,9-11H2,1-2H3,(H2,17,19)(H,20,21). The first-order chi connectivity index (χ1) is 9.93. The highest BCUT2D eigenvalue weighted by molar-refractivity contribution is 5.76. The molecule has 0 radical (unpaired) electrons. The maximum absolute atomic E-state index is 11.1. The molecule has 1 aromatic carbocycles. The number of carboxylic acids is 1. The highest BCUT2D eigenvalue weighted by Gasteiger charge is 2.14. The van der Waals surface area contributed by atoms with E-state index in [0.717, 1.165) is 30.5 Å². The fourth-order valence-corrected chi connectivity index (χ4v) is 2.13. The van der Waals surface area contributed by atoms with Crippen LogP contribution in [0.25, 0.3) is 0 Å². The van der Waals surface area contributed by atoms with Gasteiger partial charge < -0.3 is 10.8 Å². The SMILES string of the molecule is CCCCN(CC(N)=O)Cc1ccc(C(C)C(=O)O)cc1. The predicted molar refractivity (Wildman–Crippen MR) is 81.9 cm³/mol. The first-order valence-corrected chi connectivity index (χ1v) is 7.26. The van der Waals surface area contributed by atoms with Crippen molar-refractivity contribution in [2.75, 3.05) is 13.1 Å². The molecule has 3 N–H and O–H groups in total. The molecule has 0 heterocycles. The van der Waals surface area contributed by atoms with Crippen molar-refractivity contribution in [1.29, 1.82) is 0 Å². The lowest BCUT2D eigenvalue weighted by Crippen LogP contribution is -2.34. The fourth-order valence-electron chi connectivity index (χ4n) is 2.13. The summed E-state index contributed by atoms with van der Waals surface area (Å²) in [5.74, 6) is -1.68. The zero-order valence-corrected chi connectivity index (χ0v) is 12.7. The van der Waals surface area contributed by atoms with Gasteiger partial charge in [0.2, 0.25) is 5.91 Å². The van der Waals surface area contributed by atoms with E-state index < -0.39 is 11.9 Å². The van der Waals surface area contributed by atoms with Crippen LogP contribution < -0.4 is 5.73 Å². The summed E-state index contributed by atoms with van der Waals surface area (Å²) in [7, 11) is 0. The highest BCUT2D eigenvalue weighted by atomic mass is 16.4. The van der Waals surface area contributed by atoms with Crippen LogP contribution >= 0.6 is 0 Å². The lowest BCUT2D eigenvalue weighted by Gasteiger charge is -2.20. The van der Waals surface area contributed by atoms with Crippen LogP contribution in [-0.4, -0.2) is 35.0 Å². The van der Waals surface area contributed by atoms with Gasteiger partial charge in [0.1, 0.15) is 0 Å². The molecule has 0 aliphatic rings. The molecule has 0 aliphatic carbocycles. The number of nitrogens with two attached hydrogens (primary N) is 1. The van der Waals surface area contributed by atoms with Gasteiger partial charge >= 0.3 is 5.97 Å². The van der Waals surface area contributed by atoms with Crippen molar-refractivity contribution in [2.24, 2.45) is 5.73 Å². The van der Waals surface area contributed by atoms with Crippen molar-refractivity contribution >= 4 is 11.9 Å². The average molecular weight is 292 g/mol. The third-order valence-corrected chi connectivity index (χ3v) is 3.46. The number of carboxylic acid groups (broad SMARTS) is 1. The molecule has 0 saturated heterocycles. The van der Waals surface area contributed by atoms with Crippen LogP contribution in [0, 0.1) is 0 Å². The lowest BCUT2D eigenvalue weighted by atomic mass is 10.00. The molecule has 1 atom stereocenters. The molecule has 0 aromatic heterocycles. The second-order valence-corrected chi connectivity index (χ2v) is 5.33. The van der Waals surface area contributed by atoms with Gasteiger partial charge in [0, 0.05) is 6.54 Å². The van der Waals surface area contributed by atoms with E-state index in [1.807, 2.05) is 29.2 Å². The number of aliphatic carboxylic acids is 1. The van der Waals surface area contributed by atoms with Crippen molar-refractivity contribution in [1.82, 2.24) is 4.90 Å². The number of nitrogens with zero attached hydrogens (tertiary/aromatic N) is 1. The number of rotatable bonds is 9. The van der Waals surface area contributed by atoms with Crippen molar-refractivity contribution in [2.45, 2.75) is 39.2 Å². The molecular weight excluding hydrogens is 268 g/mol. The topological polar surface area (TPSA) is 83.6 Å². The molecule has 1 amide bonds. The first-order valence-electron chi connectivity index (χ1n) is 7.26. The number of carbonyl (C=O) groups excluding carboxylic acids is 1. The average Bonchev–Trinajstić information content (AvgIpc) is 2.44. The van der Waals surface area contributed by atoms with Gasteiger partial charge in [0.05, 0.1) is 12.5 Å². The van der Waals surface area contributed by atoms with Gasteiger partial charge in [-0.15, -0.1) is 0 Å². The van der Waals surface area contributed by atoms with E-state index >= 15 is 0 Å². The summed E-state index contributed by atoms with van der Waals surface area (Å²) in [5.41, 5.74) is 7.10. The van der Waals surface area contributed by atoms with Gasteiger partial charge in [-0.05, 0) is 31.0 Å². The molecule has 1 unspecified atom stereocenters. The molecule has 0 saturated carbocycles. The van der Waals surface area contributed by atoms with Crippen LogP contribution in [0.2, 0.25) is 0 Å². The number of hydrogen-bond donors (Lipinski definition) is 2. The molecule has 0 bridgehead atoms. The molecule has 21 heavy (non-hydrogen) atoms. The maximum atomic E-state index is 11.1. The van der Waals surface area contributed by atoms with Crippen molar-refractivity contribution in [3.63, 3.8) is 0 Å². The number of unbranched alkanes of at least 4 members (excludes halogenated alkanes) is 1. The summed E-state index contributed by atoms with van der Waals surface area (Å²) < 4.78 is 0. The predicted octanol–water partition coefficient (Wildman–Crippen LogP) is 1.96. The van der Waals surface area contributed by atoms with E-state index in [4.69, 9.17) is 10.8 Å². The highest BCUT2D eigenvalue weighted by Crippen LogP contribution is 2.17. The smallest absolute Gasteiger partial charge is 0.310 e. The Kier molecular flexibility index (Phi) is 6.88. The van der Waals surface area contributed by atoms with E-state index in [0.29, 0.717) is 6.54 Å². The summed E-state index contributed by atoms with van der Waals surface area (Å²) >= 11 is 0. The van der Waals surface area contributed by atoms with E-state index in [1.54, 1.807) is 6.92 Å². The number of carbonyl (C=O) groups is 2. The first kappa shape index (κ1) is 17.2. The summed E-state index contributed by atoms with van der Waals surface area (Å²) in [6, 6.07) is 7.48. The monoisotopic (exact) mass is 292 g/mol. The van der Waals surface area contributed by atoms with Crippen LogP contribution in [0.15, 0.2) is 24.3 Å². The third kappa shape index (κ3) is 5.95. The lowest BCUT2D eigenvalue weighted by molar-refractivity contribution is -0.138. The molecule has 5 nitrogen and oxygen atoms in total. The summed E-state index contributed by atoms with van der Waals surface area (Å²) in [6.45, 7) is 5.48. The molecule has 0 fully saturated rings. The molecule has 0 aliphatic heterocycles. The number of amides is 1. The van der Waals surface area contributed by atoms with Crippen molar-refractivity contribution in [3.05, 3.63) is 35.4 Å². The van der Waals surface area contributed by atoms with Crippen LogP contribution in [0.1, 0.15) is 43.7 Å². The van der Waals surface area contributed by atoms with Crippen LogP contribution in [-0.2, 0) is 16.1 Å². The minimum absolute atomic E-state index is 0.243. The molecule has 116 valence electrons. The zero-order valence-electron chi connectivity index (χ0n) is 12.7. The van der Waals surface area contributed by atoms with Gasteiger partial charge in [-0.25, -0.2) is 0 Å². The Morgan fingerprint density at radius 3 is 2.38 bits per heavy atom. The summed E-state index contributed by atoms with van der Waals surface area (Å²) in [4.78, 5) is 24.1. The van der Waals surface area contributed by atoms with Crippen molar-refractivity contribution in [3.8, 4) is 0 Å². The Morgan fingerprint density at radius 1 is 1.29 bits per heavy atom. The minimum atomic E-state index is -0.832. The van der Waals surface area contributed by atoms with E-state index in [2.05, 4.69) is 6.92 Å². The second-order valence-electron chi connectivity index (χ2n) is 5.33. The van der Waals surface area contributed by atoms with Gasteiger partial charge in [-0.1, -0.05) is 37.6 Å². The largest absolute Gasteiger partial charge is 0.481 e. The molecule has 1 aromatic rings. The van der Waals surface area contributed by atoms with E-state index in [9.17, 15) is 9.59 Å². The van der Waals surface area contributed by atoms with Crippen LogP contribution in [0.3, 0.4) is 0 Å². The Hall–Kier alpha value is -1.88.